The third-order valence-electron chi connectivity index (χ3n) is 4.01. The number of carbonyl (C=O) groups is 1. The highest BCUT2D eigenvalue weighted by Crippen LogP contribution is 2.24. The summed E-state index contributed by atoms with van der Waals surface area (Å²) < 4.78 is 32.3. The van der Waals surface area contributed by atoms with Gasteiger partial charge >= 0.3 is 0 Å². The highest BCUT2D eigenvalue weighted by molar-refractivity contribution is 5.94. The van der Waals surface area contributed by atoms with Gasteiger partial charge in [0.15, 0.2) is 0 Å². The number of benzene rings is 2. The quantitative estimate of drug-likeness (QED) is 0.848. The molecule has 3 nitrogen and oxygen atoms in total. The van der Waals surface area contributed by atoms with Crippen molar-refractivity contribution in [1.82, 2.24) is 4.90 Å². The molecule has 0 bridgehead atoms. The predicted octanol–water partition coefficient (Wildman–Crippen LogP) is 3.49. The molecule has 1 atom stereocenters. The minimum atomic E-state index is -0.390. The Hall–Kier alpha value is -2.27. The van der Waals surface area contributed by atoms with Crippen molar-refractivity contribution >= 4 is 5.91 Å². The van der Waals surface area contributed by atoms with Crippen LogP contribution in [0.5, 0.6) is 0 Å². The van der Waals surface area contributed by atoms with E-state index < -0.39 is 0 Å². The average molecular weight is 317 g/mol. The lowest BCUT2D eigenvalue weighted by molar-refractivity contribution is -0.0228. The minimum Gasteiger partial charge on any atom is -0.370 e. The van der Waals surface area contributed by atoms with Gasteiger partial charge in [-0.15, -0.1) is 0 Å². The fourth-order valence-corrected chi connectivity index (χ4v) is 2.62. The van der Waals surface area contributed by atoms with E-state index in [0.717, 1.165) is 5.56 Å². The molecule has 1 fully saturated rings. The number of halogens is 2. The fraction of sp³-hybridized carbons (Fsp3) is 0.278. The first-order chi connectivity index (χ1) is 11.0. The molecular formula is C18H17F2NO2. The highest BCUT2D eigenvalue weighted by Gasteiger charge is 2.26. The first kappa shape index (κ1) is 15.6. The first-order valence-corrected chi connectivity index (χ1v) is 7.47. The smallest absolute Gasteiger partial charge is 0.254 e. The van der Waals surface area contributed by atoms with Gasteiger partial charge in [0, 0.05) is 12.1 Å². The number of hydrogen-bond donors (Lipinski definition) is 0. The molecule has 1 aliphatic heterocycles. The van der Waals surface area contributed by atoms with Gasteiger partial charge < -0.3 is 9.64 Å². The average Bonchev–Trinajstić information content (AvgIpc) is 2.57. The van der Waals surface area contributed by atoms with Crippen molar-refractivity contribution in [2.75, 3.05) is 19.7 Å². The molecule has 0 aliphatic carbocycles. The molecule has 120 valence electrons. The normalized spacial score (nSPS) is 18.0. The van der Waals surface area contributed by atoms with Crippen LogP contribution in [-0.4, -0.2) is 30.5 Å². The number of rotatable bonds is 2. The Morgan fingerprint density at radius 3 is 2.61 bits per heavy atom. The Morgan fingerprint density at radius 2 is 1.91 bits per heavy atom. The third kappa shape index (κ3) is 3.40. The predicted molar refractivity (Wildman–Crippen MR) is 82.1 cm³/mol. The summed E-state index contributed by atoms with van der Waals surface area (Å²) in [6.45, 7) is 2.86. The van der Waals surface area contributed by atoms with Gasteiger partial charge in [-0.1, -0.05) is 18.2 Å². The van der Waals surface area contributed by atoms with Crippen molar-refractivity contribution in [3.63, 3.8) is 0 Å². The molecule has 2 aromatic rings. The van der Waals surface area contributed by atoms with Crippen LogP contribution >= 0.6 is 0 Å². The third-order valence-corrected chi connectivity index (χ3v) is 4.01. The van der Waals surface area contributed by atoms with Gasteiger partial charge in [0.05, 0.1) is 13.2 Å². The molecule has 0 spiro atoms. The summed E-state index contributed by atoms with van der Waals surface area (Å²) in [5, 5.41) is 0. The molecule has 1 amide bonds. The molecule has 0 aromatic heterocycles. The largest absolute Gasteiger partial charge is 0.370 e. The molecular weight excluding hydrogens is 300 g/mol. The zero-order chi connectivity index (χ0) is 16.4. The molecule has 3 rings (SSSR count). The number of nitrogens with zero attached hydrogens (tertiary/aromatic N) is 1. The molecule has 0 radical (unpaired) electrons. The second-order valence-corrected chi connectivity index (χ2v) is 5.63. The number of carbonyl (C=O) groups excluding carboxylic acids is 1. The van der Waals surface area contributed by atoms with Crippen LogP contribution in [0.2, 0.25) is 0 Å². The van der Waals surface area contributed by atoms with Crippen molar-refractivity contribution in [2.45, 2.75) is 13.0 Å². The summed E-state index contributed by atoms with van der Waals surface area (Å²) in [7, 11) is 0. The van der Waals surface area contributed by atoms with Gasteiger partial charge in [0.2, 0.25) is 0 Å². The summed E-state index contributed by atoms with van der Waals surface area (Å²) in [4.78, 5) is 14.2. The van der Waals surface area contributed by atoms with E-state index in [-0.39, 0.29) is 23.6 Å². The fourth-order valence-electron chi connectivity index (χ4n) is 2.62. The van der Waals surface area contributed by atoms with E-state index in [1.807, 2.05) is 0 Å². The standard InChI is InChI=1S/C18H17F2NO2/c1-12-2-3-14(10-16(12)20)18(22)21-8-9-23-17(11-21)13-4-6-15(19)7-5-13/h2-7,10,17H,8-9,11H2,1H3. The van der Waals surface area contributed by atoms with E-state index in [0.29, 0.717) is 30.8 Å². The molecule has 23 heavy (non-hydrogen) atoms. The molecule has 2 aromatic carbocycles. The zero-order valence-electron chi connectivity index (χ0n) is 12.8. The summed E-state index contributed by atoms with van der Waals surface area (Å²) >= 11 is 0. The lowest BCUT2D eigenvalue weighted by Crippen LogP contribution is -2.42. The van der Waals surface area contributed by atoms with Crippen LogP contribution in [0.3, 0.4) is 0 Å². The molecule has 0 N–H and O–H groups in total. The topological polar surface area (TPSA) is 29.5 Å². The maximum absolute atomic E-state index is 13.7. The molecule has 1 unspecified atom stereocenters. The summed E-state index contributed by atoms with van der Waals surface area (Å²) in [6, 6.07) is 10.5. The van der Waals surface area contributed by atoms with Crippen LogP contribution in [0.15, 0.2) is 42.5 Å². The number of amides is 1. The van der Waals surface area contributed by atoms with Crippen LogP contribution in [0.1, 0.15) is 27.6 Å². The van der Waals surface area contributed by atoms with Crippen LogP contribution < -0.4 is 0 Å². The molecule has 1 saturated heterocycles. The molecule has 5 heteroatoms. The van der Waals surface area contributed by atoms with Crippen molar-refractivity contribution in [2.24, 2.45) is 0 Å². The Morgan fingerprint density at radius 1 is 1.17 bits per heavy atom. The number of morpholine rings is 1. The van der Waals surface area contributed by atoms with Gasteiger partial charge in [0.1, 0.15) is 17.7 Å². The second-order valence-electron chi connectivity index (χ2n) is 5.63. The summed E-state index contributed by atoms with van der Waals surface area (Å²) in [6.07, 6.45) is -0.302. The van der Waals surface area contributed by atoms with Gasteiger partial charge in [0.25, 0.3) is 5.91 Å². The van der Waals surface area contributed by atoms with Gasteiger partial charge in [-0.25, -0.2) is 8.78 Å². The maximum atomic E-state index is 13.7. The Balaban J connectivity index is 1.76. The maximum Gasteiger partial charge on any atom is 0.254 e. The van der Waals surface area contributed by atoms with Crippen LogP contribution in [0, 0.1) is 18.6 Å². The molecule has 1 aliphatic rings. The zero-order valence-corrected chi connectivity index (χ0v) is 12.8. The van der Waals surface area contributed by atoms with Crippen molar-refractivity contribution < 1.29 is 18.3 Å². The van der Waals surface area contributed by atoms with Gasteiger partial charge in [-0.3, -0.25) is 4.79 Å². The monoisotopic (exact) mass is 317 g/mol. The van der Waals surface area contributed by atoms with Crippen molar-refractivity contribution in [1.29, 1.82) is 0 Å². The number of aryl methyl sites for hydroxylation is 1. The van der Waals surface area contributed by atoms with E-state index in [2.05, 4.69) is 0 Å². The van der Waals surface area contributed by atoms with E-state index in [1.54, 1.807) is 36.1 Å². The summed E-state index contributed by atoms with van der Waals surface area (Å²) in [5.41, 5.74) is 1.65. The molecule has 1 heterocycles. The second kappa shape index (κ2) is 6.46. The Labute approximate surface area is 133 Å². The van der Waals surface area contributed by atoms with Gasteiger partial charge in [-0.2, -0.15) is 0 Å². The van der Waals surface area contributed by atoms with E-state index >= 15 is 0 Å². The Bertz CT molecular complexity index is 715. The highest BCUT2D eigenvalue weighted by atomic mass is 19.1. The minimum absolute atomic E-state index is 0.223. The van der Waals surface area contributed by atoms with E-state index in [9.17, 15) is 13.6 Å². The SMILES string of the molecule is Cc1ccc(C(=O)N2CCOC(c3ccc(F)cc3)C2)cc1F. The van der Waals surface area contributed by atoms with E-state index in [1.165, 1.54) is 18.2 Å². The van der Waals surface area contributed by atoms with Crippen LogP contribution in [-0.2, 0) is 4.74 Å². The molecule has 0 saturated carbocycles. The summed E-state index contributed by atoms with van der Waals surface area (Å²) in [5.74, 6) is -0.925. The van der Waals surface area contributed by atoms with Crippen molar-refractivity contribution in [3.05, 3.63) is 70.8 Å². The van der Waals surface area contributed by atoms with Gasteiger partial charge in [-0.05, 0) is 42.3 Å². The lowest BCUT2D eigenvalue weighted by atomic mass is 10.1. The number of ether oxygens (including phenoxy) is 1. The van der Waals surface area contributed by atoms with Crippen LogP contribution in [0.4, 0.5) is 8.78 Å². The Kier molecular flexibility index (Phi) is 4.39. The number of hydrogen-bond acceptors (Lipinski definition) is 2. The lowest BCUT2D eigenvalue weighted by Gasteiger charge is -2.33. The van der Waals surface area contributed by atoms with E-state index in [4.69, 9.17) is 4.74 Å². The first-order valence-electron chi connectivity index (χ1n) is 7.47. The van der Waals surface area contributed by atoms with Crippen molar-refractivity contribution in [3.8, 4) is 0 Å². The van der Waals surface area contributed by atoms with Crippen LogP contribution in [0.25, 0.3) is 0 Å².